The Morgan fingerprint density at radius 1 is 1.02 bits per heavy atom. The second-order valence-corrected chi connectivity index (χ2v) is 11.8. The maximum absolute atomic E-state index is 13.0. The minimum absolute atomic E-state index is 0.0257. The normalized spacial score (nSPS) is 14.1. The van der Waals surface area contributed by atoms with Gasteiger partial charge in [-0.3, -0.25) is 0 Å². The number of carboxylic acid groups (broad SMARTS) is 1. The number of nitrogens with zero attached hydrogens (tertiary/aromatic N) is 2. The van der Waals surface area contributed by atoms with Crippen LogP contribution in [0.4, 0.5) is 29.3 Å². The maximum Gasteiger partial charge on any atom is 0.416 e. The first-order chi connectivity index (χ1) is 22.0. The van der Waals surface area contributed by atoms with E-state index in [-0.39, 0.29) is 22.8 Å². The summed E-state index contributed by atoms with van der Waals surface area (Å²) in [5.74, 6) is -0.276. The summed E-state index contributed by atoms with van der Waals surface area (Å²) in [6.45, 7) is 0.193. The average molecular weight is 667 g/mol. The van der Waals surface area contributed by atoms with Crippen LogP contribution in [0, 0.1) is 0 Å². The van der Waals surface area contributed by atoms with Gasteiger partial charge in [-0.25, -0.2) is 15.0 Å². The van der Waals surface area contributed by atoms with E-state index in [9.17, 15) is 27.6 Å². The number of hydrazone groups is 1. The van der Waals surface area contributed by atoms with Crippen LogP contribution < -0.4 is 15.6 Å². The van der Waals surface area contributed by atoms with E-state index < -0.39 is 29.8 Å². The lowest BCUT2D eigenvalue weighted by Gasteiger charge is -2.26. The van der Waals surface area contributed by atoms with Crippen molar-refractivity contribution in [2.24, 2.45) is 5.10 Å². The largest absolute Gasteiger partial charge is 0.478 e. The first-order valence-corrected chi connectivity index (χ1v) is 15.3. The Kier molecular flexibility index (Phi) is 9.98. The van der Waals surface area contributed by atoms with Crippen molar-refractivity contribution in [3.05, 3.63) is 124 Å². The first kappa shape index (κ1) is 32.6. The highest BCUT2D eigenvalue weighted by Crippen LogP contribution is 2.37. The number of aryl methyl sites for hydroxylation is 1. The zero-order valence-corrected chi connectivity index (χ0v) is 25.5. The molecule has 8 nitrogen and oxygen atoms in total. The summed E-state index contributed by atoms with van der Waals surface area (Å²) in [6, 6.07) is 22.8. The van der Waals surface area contributed by atoms with Crippen molar-refractivity contribution in [3.8, 4) is 0 Å². The summed E-state index contributed by atoms with van der Waals surface area (Å²) in [6.07, 6.45) is -3.04. The third-order valence-electron chi connectivity index (χ3n) is 7.21. The molecule has 1 aliphatic rings. The van der Waals surface area contributed by atoms with Crippen LogP contribution in [0.2, 0.25) is 5.02 Å². The van der Waals surface area contributed by atoms with Crippen LogP contribution in [0.5, 0.6) is 0 Å². The average Bonchev–Trinajstić information content (AvgIpc) is 3.39. The molecule has 0 saturated heterocycles. The van der Waals surface area contributed by atoms with E-state index in [2.05, 4.69) is 15.8 Å². The van der Waals surface area contributed by atoms with Crippen LogP contribution in [0.3, 0.4) is 0 Å². The molecule has 1 unspecified atom stereocenters. The number of fused-ring (bicyclic) bond motifs is 1. The number of aromatic carboxylic acids is 1. The van der Waals surface area contributed by atoms with Gasteiger partial charge in [-0.15, -0.1) is 11.8 Å². The number of benzene rings is 4. The van der Waals surface area contributed by atoms with Crippen molar-refractivity contribution in [1.82, 2.24) is 5.43 Å². The SMILES string of the molecule is O=CC(c1ccccc1)N1CC(=NNC(=O)Nc2ccc(C(F)(F)F)cc2Cl)c2cc(SCCc3ccc(C(=O)O)cc3)ccc21. The van der Waals surface area contributed by atoms with Crippen LogP contribution in [0.15, 0.2) is 101 Å². The zero-order valence-electron chi connectivity index (χ0n) is 23.9. The molecule has 1 aliphatic heterocycles. The van der Waals surface area contributed by atoms with Crippen LogP contribution in [0.1, 0.15) is 38.7 Å². The van der Waals surface area contributed by atoms with Gasteiger partial charge in [-0.1, -0.05) is 54.1 Å². The number of rotatable bonds is 10. The Hall–Kier alpha value is -4.81. The molecule has 2 amide bonds. The van der Waals surface area contributed by atoms with Gasteiger partial charge in [0.25, 0.3) is 0 Å². The van der Waals surface area contributed by atoms with Crippen molar-refractivity contribution in [3.63, 3.8) is 0 Å². The van der Waals surface area contributed by atoms with Crippen molar-refractivity contribution in [1.29, 1.82) is 0 Å². The van der Waals surface area contributed by atoms with Gasteiger partial charge in [0, 0.05) is 21.9 Å². The van der Waals surface area contributed by atoms with Gasteiger partial charge in [0.1, 0.15) is 12.3 Å². The molecule has 0 bridgehead atoms. The van der Waals surface area contributed by atoms with Crippen LogP contribution >= 0.6 is 23.4 Å². The predicted molar refractivity (Wildman–Crippen MR) is 172 cm³/mol. The number of nitrogens with one attached hydrogen (secondary N) is 2. The number of carbonyl (C=O) groups excluding carboxylic acids is 2. The fourth-order valence-corrected chi connectivity index (χ4v) is 6.07. The molecule has 13 heteroatoms. The number of thioether (sulfide) groups is 1. The van der Waals surface area contributed by atoms with E-state index in [1.54, 1.807) is 36.0 Å². The topological polar surface area (TPSA) is 111 Å². The van der Waals surface area contributed by atoms with Crippen LogP contribution in [-0.4, -0.2) is 41.4 Å². The van der Waals surface area contributed by atoms with E-state index in [1.165, 1.54) is 0 Å². The lowest BCUT2D eigenvalue weighted by Crippen LogP contribution is -2.31. The third-order valence-corrected chi connectivity index (χ3v) is 8.52. The fraction of sp³-hybridized carbons (Fsp3) is 0.152. The molecule has 0 aromatic heterocycles. The second-order valence-electron chi connectivity index (χ2n) is 10.2. The number of alkyl halides is 3. The molecule has 46 heavy (non-hydrogen) atoms. The minimum Gasteiger partial charge on any atom is -0.478 e. The highest BCUT2D eigenvalue weighted by Gasteiger charge is 2.32. The van der Waals surface area contributed by atoms with E-state index in [0.29, 0.717) is 23.4 Å². The Bertz CT molecular complexity index is 1790. The number of hydrogen-bond donors (Lipinski definition) is 3. The predicted octanol–water partition coefficient (Wildman–Crippen LogP) is 7.68. The Balaban J connectivity index is 1.35. The lowest BCUT2D eigenvalue weighted by molar-refractivity contribution is -0.137. The van der Waals surface area contributed by atoms with Crippen molar-refractivity contribution >= 4 is 58.7 Å². The number of urea groups is 1. The number of anilines is 2. The van der Waals surface area contributed by atoms with Gasteiger partial charge in [-0.2, -0.15) is 18.3 Å². The molecule has 236 valence electrons. The van der Waals surface area contributed by atoms with Gasteiger partial charge in [-0.05, 0) is 66.1 Å². The number of aldehydes is 1. The zero-order chi connectivity index (χ0) is 32.8. The van der Waals surface area contributed by atoms with Crippen LogP contribution in [0.25, 0.3) is 0 Å². The number of carbonyl (C=O) groups is 3. The molecule has 0 aliphatic carbocycles. The number of hydrogen-bond acceptors (Lipinski definition) is 6. The van der Waals surface area contributed by atoms with E-state index in [0.717, 1.165) is 46.2 Å². The lowest BCUT2D eigenvalue weighted by atomic mass is 10.1. The molecule has 4 aromatic rings. The standard InChI is InChI=1S/C33H26ClF3N4O4S/c34-26-16-23(33(35,36)37)10-12-27(26)38-32(45)40-39-28-18-41(30(19-42)21-4-2-1-3-5-21)29-13-11-24(17-25(28)29)46-15-14-20-6-8-22(9-7-20)31(43)44/h1-13,16-17,19,30H,14-15,18H2,(H,43,44)(H2,38,40,45). The van der Waals surface area contributed by atoms with Gasteiger partial charge in [0.2, 0.25) is 0 Å². The highest BCUT2D eigenvalue weighted by atomic mass is 35.5. The summed E-state index contributed by atoms with van der Waals surface area (Å²) in [7, 11) is 0. The molecular formula is C33H26ClF3N4O4S. The Morgan fingerprint density at radius 2 is 1.76 bits per heavy atom. The molecule has 3 N–H and O–H groups in total. The molecule has 0 spiro atoms. The van der Waals surface area contributed by atoms with E-state index >= 15 is 0 Å². The fourth-order valence-electron chi connectivity index (χ4n) is 4.91. The summed E-state index contributed by atoms with van der Waals surface area (Å²) in [5, 5.41) is 15.5. The maximum atomic E-state index is 13.0. The number of halogens is 4. The van der Waals surface area contributed by atoms with Crippen molar-refractivity contribution in [2.45, 2.75) is 23.5 Å². The number of carboxylic acids is 1. The Labute approximate surface area is 271 Å². The highest BCUT2D eigenvalue weighted by molar-refractivity contribution is 7.99. The minimum atomic E-state index is -4.58. The molecule has 0 saturated carbocycles. The van der Waals surface area contributed by atoms with Gasteiger partial charge in [0.15, 0.2) is 0 Å². The quantitative estimate of drug-likeness (QED) is 0.0910. The molecule has 5 rings (SSSR count). The smallest absolute Gasteiger partial charge is 0.416 e. The Morgan fingerprint density at radius 3 is 2.41 bits per heavy atom. The molecule has 1 atom stereocenters. The third kappa shape index (κ3) is 7.69. The number of amides is 2. The summed E-state index contributed by atoms with van der Waals surface area (Å²) in [5.41, 5.74) is 5.32. The van der Waals surface area contributed by atoms with Crippen LogP contribution in [-0.2, 0) is 17.4 Å². The molecule has 0 radical (unpaired) electrons. The molecule has 0 fully saturated rings. The first-order valence-electron chi connectivity index (χ1n) is 13.9. The van der Waals surface area contributed by atoms with Crippen molar-refractivity contribution in [2.75, 3.05) is 22.5 Å². The second kappa shape index (κ2) is 14.1. The van der Waals surface area contributed by atoms with E-state index in [4.69, 9.17) is 16.7 Å². The summed E-state index contributed by atoms with van der Waals surface area (Å²) >= 11 is 7.56. The molecular weight excluding hydrogens is 641 g/mol. The summed E-state index contributed by atoms with van der Waals surface area (Å²) < 4.78 is 39.0. The van der Waals surface area contributed by atoms with Gasteiger partial charge >= 0.3 is 18.2 Å². The monoisotopic (exact) mass is 666 g/mol. The van der Waals surface area contributed by atoms with E-state index in [1.807, 2.05) is 53.4 Å². The molecule has 4 aromatic carbocycles. The molecule has 1 heterocycles. The summed E-state index contributed by atoms with van der Waals surface area (Å²) in [4.78, 5) is 38.9. The van der Waals surface area contributed by atoms with Gasteiger partial charge < -0.3 is 20.1 Å². The van der Waals surface area contributed by atoms with Gasteiger partial charge in [0.05, 0.1) is 34.1 Å². The van der Waals surface area contributed by atoms with Crippen molar-refractivity contribution < 1.29 is 32.7 Å².